The van der Waals surface area contributed by atoms with Gasteiger partial charge < -0.3 is 14.6 Å². The predicted octanol–water partition coefficient (Wildman–Crippen LogP) is 2.15. The fourth-order valence-corrected chi connectivity index (χ4v) is 2.73. The Balaban J connectivity index is 1.63. The molecule has 23 heavy (non-hydrogen) atoms. The van der Waals surface area contributed by atoms with Gasteiger partial charge in [-0.1, -0.05) is 19.1 Å². The molecule has 2 aromatic rings. The lowest BCUT2D eigenvalue weighted by molar-refractivity contribution is 0.0176. The Morgan fingerprint density at radius 2 is 2.09 bits per heavy atom. The number of hydrogen-bond acceptors (Lipinski definition) is 3. The van der Waals surface area contributed by atoms with Gasteiger partial charge in [0.25, 0.3) is 5.91 Å². The van der Waals surface area contributed by atoms with Gasteiger partial charge >= 0.3 is 0 Å². The minimum absolute atomic E-state index is 0.0218. The Labute approximate surface area is 134 Å². The topological polar surface area (TPSA) is 62.4 Å². The van der Waals surface area contributed by atoms with Crippen LogP contribution in [0.15, 0.2) is 41.2 Å². The van der Waals surface area contributed by atoms with Gasteiger partial charge in [0.05, 0.1) is 18.7 Å². The molecule has 0 radical (unpaired) electrons. The second-order valence-corrected chi connectivity index (χ2v) is 5.83. The maximum atomic E-state index is 12.5. The zero-order valence-electron chi connectivity index (χ0n) is 13.3. The van der Waals surface area contributed by atoms with Crippen LogP contribution >= 0.6 is 0 Å². The Morgan fingerprint density at radius 1 is 1.30 bits per heavy atom. The van der Waals surface area contributed by atoms with Crippen LogP contribution in [0.25, 0.3) is 0 Å². The molecule has 5 nitrogen and oxygen atoms in total. The molecule has 1 amide bonds. The highest BCUT2D eigenvalue weighted by atomic mass is 16.5. The Bertz CT molecular complexity index is 776. The number of H-pyrrole nitrogens is 1. The molecule has 1 aliphatic heterocycles. The van der Waals surface area contributed by atoms with Gasteiger partial charge in [-0.3, -0.25) is 9.59 Å². The van der Waals surface area contributed by atoms with Crippen molar-refractivity contribution in [1.29, 1.82) is 0 Å². The third-order valence-electron chi connectivity index (χ3n) is 4.01. The second-order valence-electron chi connectivity index (χ2n) is 5.83. The molecule has 0 spiro atoms. The number of nitrogens with zero attached hydrogens (tertiary/aromatic N) is 1. The van der Waals surface area contributed by atoms with Gasteiger partial charge in [0, 0.05) is 11.8 Å². The normalized spacial score (nSPS) is 14.4. The number of benzene rings is 1. The highest BCUT2D eigenvalue weighted by Crippen LogP contribution is 2.21. The molecule has 3 rings (SSSR count). The van der Waals surface area contributed by atoms with Gasteiger partial charge in [-0.2, -0.15) is 0 Å². The van der Waals surface area contributed by atoms with Crippen molar-refractivity contribution >= 4 is 5.91 Å². The number of likely N-dealkylation sites (tertiary alicyclic amines) is 1. The van der Waals surface area contributed by atoms with Crippen LogP contribution in [0.1, 0.15) is 28.5 Å². The van der Waals surface area contributed by atoms with Crippen molar-refractivity contribution in [3.05, 3.63) is 63.6 Å². The summed E-state index contributed by atoms with van der Waals surface area (Å²) < 4.78 is 5.87. The molecule has 120 valence electrons. The van der Waals surface area contributed by atoms with Crippen LogP contribution in [0.4, 0.5) is 0 Å². The number of rotatable bonds is 4. The van der Waals surface area contributed by atoms with Gasteiger partial charge in [-0.15, -0.1) is 0 Å². The number of pyridine rings is 1. The standard InChI is InChI=1S/C18H20N2O3/c1-3-16-15(7-8-17(21)19-16)18(22)20-10-14(11-20)23-13-6-4-5-12(2)9-13/h4-9,14H,3,10-11H2,1-2H3,(H,19,21). The minimum atomic E-state index is -0.178. The molecule has 0 aliphatic carbocycles. The molecule has 1 saturated heterocycles. The van der Waals surface area contributed by atoms with Gasteiger partial charge in [0.2, 0.25) is 5.56 Å². The number of aromatic nitrogens is 1. The first-order chi connectivity index (χ1) is 11.1. The largest absolute Gasteiger partial charge is 0.487 e. The van der Waals surface area contributed by atoms with E-state index in [9.17, 15) is 9.59 Å². The zero-order valence-corrected chi connectivity index (χ0v) is 13.3. The molecule has 1 aliphatic rings. The zero-order chi connectivity index (χ0) is 16.4. The van der Waals surface area contributed by atoms with Crippen molar-refractivity contribution in [2.75, 3.05) is 13.1 Å². The van der Waals surface area contributed by atoms with Gasteiger partial charge in [0.1, 0.15) is 11.9 Å². The SMILES string of the molecule is CCc1[nH]c(=O)ccc1C(=O)N1CC(Oc2cccc(C)c2)C1. The fraction of sp³-hybridized carbons (Fsp3) is 0.333. The third-order valence-corrected chi connectivity index (χ3v) is 4.01. The first-order valence-corrected chi connectivity index (χ1v) is 7.81. The van der Waals surface area contributed by atoms with Crippen LogP contribution in [-0.2, 0) is 6.42 Å². The summed E-state index contributed by atoms with van der Waals surface area (Å²) >= 11 is 0. The van der Waals surface area contributed by atoms with Crippen molar-refractivity contribution < 1.29 is 9.53 Å². The molecule has 1 N–H and O–H groups in total. The van der Waals surface area contributed by atoms with Crippen molar-refractivity contribution in [2.24, 2.45) is 0 Å². The van der Waals surface area contributed by atoms with E-state index >= 15 is 0 Å². The second kappa shape index (κ2) is 6.28. The first-order valence-electron chi connectivity index (χ1n) is 7.81. The van der Waals surface area contributed by atoms with E-state index in [2.05, 4.69) is 4.98 Å². The van der Waals surface area contributed by atoms with Crippen LogP contribution in [0, 0.1) is 6.92 Å². The van der Waals surface area contributed by atoms with Gasteiger partial charge in [-0.05, 0) is 37.1 Å². The first kappa shape index (κ1) is 15.3. The van der Waals surface area contributed by atoms with Crippen molar-refractivity contribution in [1.82, 2.24) is 9.88 Å². The Hall–Kier alpha value is -2.56. The van der Waals surface area contributed by atoms with E-state index in [1.165, 1.54) is 6.07 Å². The molecule has 0 saturated carbocycles. The highest BCUT2D eigenvalue weighted by molar-refractivity contribution is 5.95. The van der Waals surface area contributed by atoms with Crippen LogP contribution in [0.5, 0.6) is 5.75 Å². The van der Waals surface area contributed by atoms with Crippen LogP contribution in [0.2, 0.25) is 0 Å². The number of amides is 1. The average Bonchev–Trinajstić information content (AvgIpc) is 2.49. The van der Waals surface area contributed by atoms with Crippen LogP contribution in [-0.4, -0.2) is 35.0 Å². The monoisotopic (exact) mass is 312 g/mol. The highest BCUT2D eigenvalue weighted by Gasteiger charge is 2.33. The van der Waals surface area contributed by atoms with E-state index in [0.29, 0.717) is 30.8 Å². The minimum Gasteiger partial charge on any atom is -0.487 e. The summed E-state index contributed by atoms with van der Waals surface area (Å²) in [5.74, 6) is 0.780. The van der Waals surface area contributed by atoms with E-state index in [0.717, 1.165) is 11.3 Å². The molecular weight excluding hydrogens is 292 g/mol. The maximum absolute atomic E-state index is 12.5. The van der Waals surface area contributed by atoms with E-state index < -0.39 is 0 Å². The molecule has 2 heterocycles. The van der Waals surface area contributed by atoms with E-state index in [4.69, 9.17) is 4.74 Å². The quantitative estimate of drug-likeness (QED) is 0.941. The predicted molar refractivity (Wildman–Crippen MR) is 87.9 cm³/mol. The summed E-state index contributed by atoms with van der Waals surface area (Å²) in [5.41, 5.74) is 2.23. The molecule has 1 fully saturated rings. The van der Waals surface area contributed by atoms with Crippen molar-refractivity contribution in [3.63, 3.8) is 0 Å². The molecule has 1 aromatic carbocycles. The lowest BCUT2D eigenvalue weighted by atomic mass is 10.1. The molecular formula is C18H20N2O3. The maximum Gasteiger partial charge on any atom is 0.255 e. The van der Waals surface area contributed by atoms with Crippen LogP contribution in [0.3, 0.4) is 0 Å². The Kier molecular flexibility index (Phi) is 4.19. The lowest BCUT2D eigenvalue weighted by Crippen LogP contribution is -2.56. The summed E-state index contributed by atoms with van der Waals surface area (Å²) in [6, 6.07) is 10.9. The van der Waals surface area contributed by atoms with E-state index in [1.807, 2.05) is 38.1 Å². The lowest BCUT2D eigenvalue weighted by Gasteiger charge is -2.39. The van der Waals surface area contributed by atoms with E-state index in [-0.39, 0.29) is 17.6 Å². The number of aryl methyl sites for hydroxylation is 2. The average molecular weight is 312 g/mol. The van der Waals surface area contributed by atoms with Crippen LogP contribution < -0.4 is 10.3 Å². The summed E-state index contributed by atoms with van der Waals surface area (Å²) in [4.78, 5) is 28.4. The fourth-order valence-electron chi connectivity index (χ4n) is 2.73. The van der Waals surface area contributed by atoms with Gasteiger partial charge in [-0.25, -0.2) is 0 Å². The van der Waals surface area contributed by atoms with E-state index in [1.54, 1.807) is 11.0 Å². The van der Waals surface area contributed by atoms with Crippen molar-refractivity contribution in [3.8, 4) is 5.75 Å². The summed E-state index contributed by atoms with van der Waals surface area (Å²) in [5, 5.41) is 0. The number of aromatic amines is 1. The third kappa shape index (κ3) is 3.28. The number of carbonyl (C=O) groups excluding carboxylic acids is 1. The van der Waals surface area contributed by atoms with Crippen molar-refractivity contribution in [2.45, 2.75) is 26.4 Å². The van der Waals surface area contributed by atoms with Gasteiger partial charge in [0.15, 0.2) is 0 Å². The molecule has 0 atom stereocenters. The number of ether oxygens (including phenoxy) is 1. The summed E-state index contributed by atoms with van der Waals surface area (Å²) in [7, 11) is 0. The number of hydrogen-bond donors (Lipinski definition) is 1. The number of nitrogens with one attached hydrogen (secondary N) is 1. The molecule has 0 unspecified atom stereocenters. The number of carbonyl (C=O) groups is 1. The smallest absolute Gasteiger partial charge is 0.255 e. The molecule has 5 heteroatoms. The molecule has 1 aromatic heterocycles. The summed E-state index contributed by atoms with van der Waals surface area (Å²) in [6.07, 6.45) is 0.641. The molecule has 0 bridgehead atoms. The summed E-state index contributed by atoms with van der Waals surface area (Å²) in [6.45, 7) is 5.07. The Morgan fingerprint density at radius 3 is 2.78 bits per heavy atom.